The second-order valence-corrected chi connectivity index (χ2v) is 9.04. The number of carboxylic acid groups (broad SMARTS) is 1. The van der Waals surface area contributed by atoms with E-state index in [2.05, 4.69) is 29.9 Å². The van der Waals surface area contributed by atoms with E-state index in [1.807, 2.05) is 24.5 Å². The van der Waals surface area contributed by atoms with E-state index in [4.69, 9.17) is 5.11 Å². The topological polar surface area (TPSA) is 63.1 Å². The summed E-state index contributed by atoms with van der Waals surface area (Å²) in [7, 11) is 0. The molecule has 180 valence electrons. The molecule has 1 heterocycles. The van der Waals surface area contributed by atoms with Crippen molar-refractivity contribution >= 4 is 12.0 Å². The summed E-state index contributed by atoms with van der Waals surface area (Å²) in [4.78, 5) is 20.3. The molecule has 2 aromatic rings. The van der Waals surface area contributed by atoms with Crippen LogP contribution in [0.15, 0.2) is 36.7 Å². The summed E-state index contributed by atoms with van der Waals surface area (Å²) in [5, 5.41) is 9.03. The maximum Gasteiger partial charge on any atom is 0.328 e. The van der Waals surface area contributed by atoms with Crippen LogP contribution in [0.3, 0.4) is 0 Å². The standard InChI is InChI=1S/C29H42N2O2/c1-3-5-7-9-11-13-15-24-22-30-29(31-23-24)27-18-17-25(19-20-28(32)33)26(21-27)16-14-12-10-8-6-4-2/h17-23H,3-16H2,1-2H3,(H,32,33)/b20-19+. The molecule has 0 saturated heterocycles. The van der Waals surface area contributed by atoms with Crippen LogP contribution >= 0.6 is 0 Å². The number of hydrogen-bond acceptors (Lipinski definition) is 3. The minimum Gasteiger partial charge on any atom is -0.478 e. The van der Waals surface area contributed by atoms with Crippen LogP contribution in [0.25, 0.3) is 17.5 Å². The number of aliphatic carboxylic acids is 1. The van der Waals surface area contributed by atoms with Crippen LogP contribution in [0.5, 0.6) is 0 Å². The number of aromatic nitrogens is 2. The van der Waals surface area contributed by atoms with Gasteiger partial charge in [0.15, 0.2) is 5.82 Å². The fourth-order valence-electron chi connectivity index (χ4n) is 4.12. The molecular formula is C29H42N2O2. The van der Waals surface area contributed by atoms with E-state index in [0.29, 0.717) is 0 Å². The lowest BCUT2D eigenvalue weighted by Gasteiger charge is -2.10. The summed E-state index contributed by atoms with van der Waals surface area (Å²) in [6.07, 6.45) is 24.0. The first-order valence-corrected chi connectivity index (χ1v) is 13.0. The van der Waals surface area contributed by atoms with Crippen molar-refractivity contribution in [1.29, 1.82) is 0 Å². The second kappa shape index (κ2) is 16.2. The average Bonchev–Trinajstić information content (AvgIpc) is 2.83. The molecule has 0 atom stereocenters. The quantitative estimate of drug-likeness (QED) is 0.196. The highest BCUT2D eigenvalue weighted by Crippen LogP contribution is 2.23. The van der Waals surface area contributed by atoms with Crippen LogP contribution in [0, 0.1) is 0 Å². The minimum absolute atomic E-state index is 0.736. The zero-order valence-corrected chi connectivity index (χ0v) is 20.7. The van der Waals surface area contributed by atoms with E-state index in [1.54, 1.807) is 6.08 Å². The molecule has 1 aromatic heterocycles. The number of benzene rings is 1. The Hall–Kier alpha value is -2.49. The Kier molecular flexibility index (Phi) is 13.1. The largest absolute Gasteiger partial charge is 0.478 e. The van der Waals surface area contributed by atoms with Crippen molar-refractivity contribution in [2.24, 2.45) is 0 Å². The van der Waals surface area contributed by atoms with Gasteiger partial charge in [-0.3, -0.25) is 0 Å². The van der Waals surface area contributed by atoms with Crippen molar-refractivity contribution in [3.8, 4) is 11.4 Å². The normalized spacial score (nSPS) is 11.3. The molecule has 33 heavy (non-hydrogen) atoms. The Morgan fingerprint density at radius 1 is 0.818 bits per heavy atom. The molecule has 0 bridgehead atoms. The molecule has 0 radical (unpaired) electrons. The van der Waals surface area contributed by atoms with Gasteiger partial charge in [-0.1, -0.05) is 90.2 Å². The molecule has 0 saturated carbocycles. The zero-order chi connectivity index (χ0) is 23.7. The number of unbranched alkanes of at least 4 members (excludes halogenated alkanes) is 10. The molecule has 0 spiro atoms. The molecule has 0 unspecified atom stereocenters. The smallest absolute Gasteiger partial charge is 0.328 e. The minimum atomic E-state index is -0.922. The third kappa shape index (κ3) is 10.8. The summed E-state index contributed by atoms with van der Waals surface area (Å²) < 4.78 is 0. The number of carboxylic acids is 1. The predicted octanol–water partition coefficient (Wildman–Crippen LogP) is 8.05. The van der Waals surface area contributed by atoms with Gasteiger partial charge in [0.25, 0.3) is 0 Å². The number of aryl methyl sites for hydroxylation is 2. The molecule has 1 N–H and O–H groups in total. The second-order valence-electron chi connectivity index (χ2n) is 9.04. The van der Waals surface area contributed by atoms with Gasteiger partial charge in [-0.25, -0.2) is 14.8 Å². The third-order valence-corrected chi connectivity index (χ3v) is 6.13. The Morgan fingerprint density at radius 3 is 2.00 bits per heavy atom. The first kappa shape index (κ1) is 26.8. The maximum atomic E-state index is 11.0. The van der Waals surface area contributed by atoms with Gasteiger partial charge in [-0.2, -0.15) is 0 Å². The van der Waals surface area contributed by atoms with Crippen LogP contribution in [0.1, 0.15) is 108 Å². The summed E-state index contributed by atoms with van der Waals surface area (Å²) in [5.74, 6) is -0.187. The highest BCUT2D eigenvalue weighted by atomic mass is 16.4. The van der Waals surface area contributed by atoms with E-state index in [0.717, 1.165) is 36.2 Å². The van der Waals surface area contributed by atoms with E-state index in [1.165, 1.54) is 87.8 Å². The van der Waals surface area contributed by atoms with Crippen molar-refractivity contribution in [3.63, 3.8) is 0 Å². The van der Waals surface area contributed by atoms with Crippen molar-refractivity contribution < 1.29 is 9.90 Å². The van der Waals surface area contributed by atoms with Crippen molar-refractivity contribution in [2.75, 3.05) is 0 Å². The van der Waals surface area contributed by atoms with E-state index in [9.17, 15) is 4.79 Å². The Labute approximate surface area is 200 Å². The van der Waals surface area contributed by atoms with Crippen LogP contribution in [0.4, 0.5) is 0 Å². The lowest BCUT2D eigenvalue weighted by molar-refractivity contribution is -0.131. The molecule has 4 nitrogen and oxygen atoms in total. The lowest BCUT2D eigenvalue weighted by Crippen LogP contribution is -1.97. The van der Waals surface area contributed by atoms with E-state index in [-0.39, 0.29) is 0 Å². The fraction of sp³-hybridized carbons (Fsp3) is 0.552. The van der Waals surface area contributed by atoms with Gasteiger partial charge in [0.2, 0.25) is 0 Å². The summed E-state index contributed by atoms with van der Waals surface area (Å²) in [5.41, 5.74) is 4.33. The first-order valence-electron chi connectivity index (χ1n) is 13.0. The van der Waals surface area contributed by atoms with Gasteiger partial charge >= 0.3 is 5.97 Å². The number of hydrogen-bond donors (Lipinski definition) is 1. The molecule has 0 aliphatic rings. The van der Waals surface area contributed by atoms with Crippen molar-refractivity contribution in [1.82, 2.24) is 9.97 Å². The SMILES string of the molecule is CCCCCCCCc1cnc(-c2ccc(/C=C/C(=O)O)c(CCCCCCCC)c2)nc1. The Morgan fingerprint density at radius 2 is 1.39 bits per heavy atom. The molecular weight excluding hydrogens is 408 g/mol. The molecule has 4 heteroatoms. The van der Waals surface area contributed by atoms with Crippen LogP contribution < -0.4 is 0 Å². The number of nitrogens with zero attached hydrogens (tertiary/aromatic N) is 2. The van der Waals surface area contributed by atoms with Gasteiger partial charge < -0.3 is 5.11 Å². The van der Waals surface area contributed by atoms with Gasteiger partial charge in [0, 0.05) is 24.0 Å². The van der Waals surface area contributed by atoms with E-state index < -0.39 is 5.97 Å². The predicted molar refractivity (Wildman–Crippen MR) is 138 cm³/mol. The van der Waals surface area contributed by atoms with Gasteiger partial charge in [-0.15, -0.1) is 0 Å². The fourth-order valence-corrected chi connectivity index (χ4v) is 4.12. The van der Waals surface area contributed by atoms with Crippen molar-refractivity contribution in [3.05, 3.63) is 53.4 Å². The Bertz CT molecular complexity index is 843. The zero-order valence-electron chi connectivity index (χ0n) is 20.7. The van der Waals surface area contributed by atoms with Crippen molar-refractivity contribution in [2.45, 2.75) is 104 Å². The van der Waals surface area contributed by atoms with Gasteiger partial charge in [0.05, 0.1) is 0 Å². The third-order valence-electron chi connectivity index (χ3n) is 6.13. The van der Waals surface area contributed by atoms with Crippen LogP contribution in [-0.4, -0.2) is 21.0 Å². The van der Waals surface area contributed by atoms with Crippen LogP contribution in [-0.2, 0) is 17.6 Å². The molecule has 0 amide bonds. The van der Waals surface area contributed by atoms with E-state index >= 15 is 0 Å². The number of rotatable bonds is 17. The maximum absolute atomic E-state index is 11.0. The summed E-state index contributed by atoms with van der Waals surface area (Å²) in [6, 6.07) is 6.13. The monoisotopic (exact) mass is 450 g/mol. The molecule has 0 fully saturated rings. The highest BCUT2D eigenvalue weighted by Gasteiger charge is 2.07. The average molecular weight is 451 g/mol. The molecule has 0 aliphatic carbocycles. The summed E-state index contributed by atoms with van der Waals surface area (Å²) in [6.45, 7) is 4.48. The molecule has 1 aromatic carbocycles. The van der Waals surface area contributed by atoms with Crippen LogP contribution in [0.2, 0.25) is 0 Å². The van der Waals surface area contributed by atoms with Gasteiger partial charge in [0.1, 0.15) is 0 Å². The molecule has 2 rings (SSSR count). The summed E-state index contributed by atoms with van der Waals surface area (Å²) >= 11 is 0. The number of carbonyl (C=O) groups is 1. The highest BCUT2D eigenvalue weighted by molar-refractivity contribution is 5.85. The van der Waals surface area contributed by atoms with Gasteiger partial charge in [-0.05, 0) is 54.5 Å². The Balaban J connectivity index is 2.00. The molecule has 0 aliphatic heterocycles. The first-order chi connectivity index (χ1) is 16.1. The lowest BCUT2D eigenvalue weighted by atomic mass is 9.97.